The van der Waals surface area contributed by atoms with Crippen LogP contribution < -0.4 is 0 Å². The van der Waals surface area contributed by atoms with Crippen molar-refractivity contribution in [1.29, 1.82) is 0 Å². The van der Waals surface area contributed by atoms with E-state index in [1.54, 1.807) is 0 Å². The average Bonchev–Trinajstić information content (AvgIpc) is 2.78. The summed E-state index contributed by atoms with van der Waals surface area (Å²) in [6.45, 7) is 9.84. The second-order valence-corrected chi connectivity index (χ2v) is 6.24. The molecule has 0 saturated carbocycles. The first-order chi connectivity index (χ1) is 8.56. The van der Waals surface area contributed by atoms with Crippen LogP contribution >= 0.6 is 0 Å². The highest BCUT2D eigenvalue weighted by Gasteiger charge is 2.33. The fourth-order valence-corrected chi connectivity index (χ4v) is 3.30. The van der Waals surface area contributed by atoms with Gasteiger partial charge in [0.15, 0.2) is 0 Å². The lowest BCUT2D eigenvalue weighted by Crippen LogP contribution is -2.45. The van der Waals surface area contributed by atoms with Crippen LogP contribution in [0.4, 0.5) is 0 Å². The van der Waals surface area contributed by atoms with Gasteiger partial charge in [0, 0.05) is 19.1 Å². The van der Waals surface area contributed by atoms with Crippen molar-refractivity contribution in [2.24, 2.45) is 11.8 Å². The molecule has 2 aliphatic heterocycles. The normalized spacial score (nSPS) is 28.1. The van der Waals surface area contributed by atoms with Crippen LogP contribution in [0.1, 0.15) is 33.1 Å². The Labute approximate surface area is 110 Å². The summed E-state index contributed by atoms with van der Waals surface area (Å²) in [6.07, 6.45) is 3.25. The van der Waals surface area contributed by atoms with Crippen LogP contribution in [0.15, 0.2) is 0 Å². The molecule has 2 aliphatic rings. The predicted molar refractivity (Wildman–Crippen MR) is 71.6 cm³/mol. The van der Waals surface area contributed by atoms with Gasteiger partial charge in [-0.05, 0) is 44.8 Å². The number of aliphatic carboxylic acids is 1. The smallest absolute Gasteiger partial charge is 0.307 e. The minimum Gasteiger partial charge on any atom is -0.481 e. The molecular formula is C14H26N2O2. The number of carbonyl (C=O) groups is 1. The van der Waals surface area contributed by atoms with Crippen LogP contribution in [0.3, 0.4) is 0 Å². The fraction of sp³-hybridized carbons (Fsp3) is 0.929. The fourth-order valence-electron chi connectivity index (χ4n) is 3.30. The van der Waals surface area contributed by atoms with Crippen molar-refractivity contribution in [3.63, 3.8) is 0 Å². The van der Waals surface area contributed by atoms with Crippen molar-refractivity contribution in [2.45, 2.75) is 39.2 Å². The molecule has 0 amide bonds. The van der Waals surface area contributed by atoms with Gasteiger partial charge in [-0.25, -0.2) is 0 Å². The quantitative estimate of drug-likeness (QED) is 0.826. The molecule has 0 aliphatic carbocycles. The zero-order valence-corrected chi connectivity index (χ0v) is 11.6. The van der Waals surface area contributed by atoms with Crippen molar-refractivity contribution in [2.75, 3.05) is 32.7 Å². The summed E-state index contributed by atoms with van der Waals surface area (Å²) in [7, 11) is 0. The molecule has 0 aromatic heterocycles. The molecule has 2 rings (SSSR count). The maximum absolute atomic E-state index is 11.0. The third kappa shape index (κ3) is 3.45. The number of hydrogen-bond donors (Lipinski definition) is 1. The Morgan fingerprint density at radius 2 is 1.89 bits per heavy atom. The summed E-state index contributed by atoms with van der Waals surface area (Å²) < 4.78 is 0. The van der Waals surface area contributed by atoms with Crippen LogP contribution in [-0.4, -0.2) is 59.6 Å². The number of rotatable bonds is 4. The van der Waals surface area contributed by atoms with E-state index in [0.29, 0.717) is 6.04 Å². The number of piperidine rings is 1. The standard InChI is InChI=1S/C14H26N2O2/c1-11(2)9-15-6-4-13(5-7-15)16-8-3-12(10-16)14(17)18/h11-13H,3-10H2,1-2H3,(H,17,18). The molecule has 2 fully saturated rings. The van der Waals surface area contributed by atoms with Gasteiger partial charge in [-0.1, -0.05) is 13.8 Å². The highest BCUT2D eigenvalue weighted by atomic mass is 16.4. The maximum atomic E-state index is 11.0. The lowest BCUT2D eigenvalue weighted by Gasteiger charge is -2.37. The summed E-state index contributed by atoms with van der Waals surface area (Å²) >= 11 is 0. The van der Waals surface area contributed by atoms with Gasteiger partial charge in [0.25, 0.3) is 0 Å². The first kappa shape index (κ1) is 13.8. The van der Waals surface area contributed by atoms with E-state index in [4.69, 9.17) is 5.11 Å². The minimum atomic E-state index is -0.616. The van der Waals surface area contributed by atoms with Crippen LogP contribution in [0, 0.1) is 11.8 Å². The van der Waals surface area contributed by atoms with Crippen molar-refractivity contribution in [3.8, 4) is 0 Å². The Hall–Kier alpha value is -0.610. The third-order valence-electron chi connectivity index (χ3n) is 4.27. The van der Waals surface area contributed by atoms with Gasteiger partial charge >= 0.3 is 5.97 Å². The topological polar surface area (TPSA) is 43.8 Å². The van der Waals surface area contributed by atoms with Crippen molar-refractivity contribution < 1.29 is 9.90 Å². The lowest BCUT2D eigenvalue weighted by atomic mass is 10.0. The van der Waals surface area contributed by atoms with Crippen molar-refractivity contribution in [1.82, 2.24) is 9.80 Å². The summed E-state index contributed by atoms with van der Waals surface area (Å²) in [5.74, 6) is -0.00170. The second kappa shape index (κ2) is 6.02. The summed E-state index contributed by atoms with van der Waals surface area (Å²) in [5, 5.41) is 9.04. The van der Waals surface area contributed by atoms with Gasteiger partial charge in [0.05, 0.1) is 5.92 Å². The Bertz CT molecular complexity index is 286. The highest BCUT2D eigenvalue weighted by Crippen LogP contribution is 2.24. The van der Waals surface area contributed by atoms with E-state index in [1.165, 1.54) is 32.5 Å². The Balaban J connectivity index is 1.75. The minimum absolute atomic E-state index is 0.126. The first-order valence-corrected chi connectivity index (χ1v) is 7.25. The molecule has 1 N–H and O–H groups in total. The van der Waals surface area contributed by atoms with Crippen LogP contribution in [-0.2, 0) is 4.79 Å². The summed E-state index contributed by atoms with van der Waals surface area (Å²) in [4.78, 5) is 15.9. The van der Waals surface area contributed by atoms with E-state index in [2.05, 4.69) is 23.6 Å². The largest absolute Gasteiger partial charge is 0.481 e. The number of carboxylic acid groups (broad SMARTS) is 1. The van der Waals surface area contributed by atoms with E-state index in [9.17, 15) is 4.79 Å². The number of likely N-dealkylation sites (tertiary alicyclic amines) is 2. The van der Waals surface area contributed by atoms with Crippen LogP contribution in [0.2, 0.25) is 0 Å². The second-order valence-electron chi connectivity index (χ2n) is 6.24. The number of nitrogens with zero attached hydrogens (tertiary/aromatic N) is 2. The summed E-state index contributed by atoms with van der Waals surface area (Å²) in [5.41, 5.74) is 0. The van der Waals surface area contributed by atoms with Gasteiger partial charge in [-0.2, -0.15) is 0 Å². The van der Waals surface area contributed by atoms with Gasteiger partial charge in [0.2, 0.25) is 0 Å². The van der Waals surface area contributed by atoms with E-state index < -0.39 is 5.97 Å². The van der Waals surface area contributed by atoms with E-state index in [-0.39, 0.29) is 5.92 Å². The number of carboxylic acids is 1. The molecule has 4 nitrogen and oxygen atoms in total. The van der Waals surface area contributed by atoms with Gasteiger partial charge in [-0.15, -0.1) is 0 Å². The van der Waals surface area contributed by atoms with Crippen molar-refractivity contribution >= 4 is 5.97 Å². The van der Waals surface area contributed by atoms with Crippen LogP contribution in [0.25, 0.3) is 0 Å². The van der Waals surface area contributed by atoms with E-state index in [0.717, 1.165) is 25.4 Å². The zero-order chi connectivity index (χ0) is 13.1. The predicted octanol–water partition coefficient (Wildman–Crippen LogP) is 1.51. The SMILES string of the molecule is CC(C)CN1CCC(N2CCC(C(=O)O)C2)CC1. The summed E-state index contributed by atoms with van der Waals surface area (Å²) in [6, 6.07) is 0.623. The Morgan fingerprint density at radius 1 is 1.22 bits per heavy atom. The van der Waals surface area contributed by atoms with Gasteiger partial charge < -0.3 is 10.0 Å². The third-order valence-corrected chi connectivity index (χ3v) is 4.27. The van der Waals surface area contributed by atoms with Gasteiger partial charge in [-0.3, -0.25) is 9.69 Å². The lowest BCUT2D eigenvalue weighted by molar-refractivity contribution is -0.141. The Morgan fingerprint density at radius 3 is 2.39 bits per heavy atom. The maximum Gasteiger partial charge on any atom is 0.307 e. The average molecular weight is 254 g/mol. The molecule has 1 atom stereocenters. The van der Waals surface area contributed by atoms with E-state index in [1.807, 2.05) is 0 Å². The molecule has 4 heteroatoms. The highest BCUT2D eigenvalue weighted by molar-refractivity contribution is 5.70. The molecule has 1 unspecified atom stereocenters. The Kier molecular flexibility index (Phi) is 4.62. The molecular weight excluding hydrogens is 228 g/mol. The van der Waals surface area contributed by atoms with E-state index >= 15 is 0 Å². The molecule has 0 spiro atoms. The molecule has 2 saturated heterocycles. The molecule has 18 heavy (non-hydrogen) atoms. The zero-order valence-electron chi connectivity index (χ0n) is 11.6. The molecule has 2 heterocycles. The monoisotopic (exact) mass is 254 g/mol. The molecule has 0 aromatic rings. The number of hydrogen-bond acceptors (Lipinski definition) is 3. The van der Waals surface area contributed by atoms with Crippen LogP contribution in [0.5, 0.6) is 0 Å². The molecule has 0 bridgehead atoms. The molecule has 0 radical (unpaired) electrons. The molecule has 0 aromatic carbocycles. The van der Waals surface area contributed by atoms with Crippen molar-refractivity contribution in [3.05, 3.63) is 0 Å². The van der Waals surface area contributed by atoms with Gasteiger partial charge in [0.1, 0.15) is 0 Å². The first-order valence-electron chi connectivity index (χ1n) is 7.25. The molecule has 104 valence electrons.